The van der Waals surface area contributed by atoms with E-state index in [1.165, 1.54) is 24.3 Å². The molecule has 2 rings (SSSR count). The van der Waals surface area contributed by atoms with Gasteiger partial charge in [-0.1, -0.05) is 6.92 Å². The minimum Gasteiger partial charge on any atom is -0.448 e. The predicted molar refractivity (Wildman–Crippen MR) is 63.2 cm³/mol. The monoisotopic (exact) mass is 226 g/mol. The van der Waals surface area contributed by atoms with Gasteiger partial charge in [0, 0.05) is 11.8 Å². The summed E-state index contributed by atoms with van der Waals surface area (Å²) in [7, 11) is 0. The van der Waals surface area contributed by atoms with Crippen LogP contribution in [-0.2, 0) is 11.8 Å². The van der Waals surface area contributed by atoms with Crippen LogP contribution in [0, 0.1) is 0 Å². The molecule has 15 heavy (non-hydrogen) atoms. The van der Waals surface area contributed by atoms with E-state index in [1.807, 2.05) is 11.8 Å². The molecule has 0 bridgehead atoms. The zero-order valence-corrected chi connectivity index (χ0v) is 9.98. The summed E-state index contributed by atoms with van der Waals surface area (Å²) in [5.74, 6) is 3.34. The van der Waals surface area contributed by atoms with Gasteiger partial charge in [-0.25, -0.2) is 4.98 Å². The van der Waals surface area contributed by atoms with Crippen LogP contribution in [0.25, 0.3) is 0 Å². The topological polar surface area (TPSA) is 52.0 Å². The van der Waals surface area contributed by atoms with Gasteiger partial charge in [0.1, 0.15) is 6.26 Å². The summed E-state index contributed by atoms with van der Waals surface area (Å²) in [6, 6.07) is 0. The molecule has 1 aliphatic heterocycles. The van der Waals surface area contributed by atoms with Gasteiger partial charge < -0.3 is 10.2 Å². The number of oxazole rings is 1. The molecular weight excluding hydrogens is 208 g/mol. The lowest BCUT2D eigenvalue weighted by Gasteiger charge is -2.29. The molecule has 0 saturated carbocycles. The maximum absolute atomic E-state index is 5.58. The molecule has 3 nitrogen and oxygen atoms in total. The van der Waals surface area contributed by atoms with E-state index in [1.54, 1.807) is 6.26 Å². The smallest absolute Gasteiger partial charge is 0.200 e. The van der Waals surface area contributed by atoms with Crippen molar-refractivity contribution in [2.75, 3.05) is 18.1 Å². The van der Waals surface area contributed by atoms with E-state index in [2.05, 4.69) is 11.9 Å². The van der Waals surface area contributed by atoms with E-state index in [0.29, 0.717) is 6.54 Å². The normalized spacial score (nSPS) is 20.4. The Bertz CT molecular complexity index is 318. The fourth-order valence-electron chi connectivity index (χ4n) is 1.88. The zero-order chi connectivity index (χ0) is 10.7. The minimum absolute atomic E-state index is 0.151. The highest BCUT2D eigenvalue weighted by molar-refractivity contribution is 7.99. The number of hydrogen-bond acceptors (Lipinski definition) is 4. The second kappa shape index (κ2) is 4.58. The largest absolute Gasteiger partial charge is 0.448 e. The van der Waals surface area contributed by atoms with Crippen molar-refractivity contribution in [2.45, 2.75) is 31.6 Å². The molecule has 2 heterocycles. The van der Waals surface area contributed by atoms with E-state index < -0.39 is 0 Å². The second-order valence-corrected chi connectivity index (χ2v) is 5.58. The molecule has 2 N–H and O–H groups in total. The molecule has 1 aliphatic rings. The van der Waals surface area contributed by atoms with Crippen molar-refractivity contribution in [1.29, 1.82) is 0 Å². The summed E-state index contributed by atoms with van der Waals surface area (Å²) in [6.07, 6.45) is 4.91. The Balaban J connectivity index is 2.12. The molecule has 0 aromatic carbocycles. The number of nitrogens with zero attached hydrogens (tertiary/aromatic N) is 1. The van der Waals surface area contributed by atoms with E-state index in [0.717, 1.165) is 18.0 Å². The fourth-order valence-corrected chi connectivity index (χ4v) is 3.28. The Kier molecular flexibility index (Phi) is 3.36. The molecule has 1 aromatic heterocycles. The van der Waals surface area contributed by atoms with Crippen LogP contribution >= 0.6 is 11.8 Å². The summed E-state index contributed by atoms with van der Waals surface area (Å²) in [6.45, 7) is 2.89. The first kappa shape index (κ1) is 11.0. The lowest BCUT2D eigenvalue weighted by Crippen LogP contribution is -2.27. The molecular formula is C11H18N2OS. The molecule has 4 heteroatoms. The van der Waals surface area contributed by atoms with Gasteiger partial charge in [0.15, 0.2) is 5.89 Å². The zero-order valence-electron chi connectivity index (χ0n) is 9.16. The van der Waals surface area contributed by atoms with Crippen LogP contribution in [0.3, 0.4) is 0 Å². The first-order valence-electron chi connectivity index (χ1n) is 5.47. The van der Waals surface area contributed by atoms with Crippen molar-refractivity contribution in [3.8, 4) is 0 Å². The average Bonchev–Trinajstić information content (AvgIpc) is 2.69. The number of hydrogen-bond donors (Lipinski definition) is 1. The summed E-state index contributed by atoms with van der Waals surface area (Å²) in [5.41, 5.74) is 6.64. The third-order valence-electron chi connectivity index (χ3n) is 3.06. The second-order valence-electron chi connectivity index (χ2n) is 4.36. The molecule has 0 amide bonds. The number of thioether (sulfide) groups is 1. The molecule has 0 radical (unpaired) electrons. The molecule has 0 aliphatic carbocycles. The van der Waals surface area contributed by atoms with Gasteiger partial charge in [0.25, 0.3) is 0 Å². The van der Waals surface area contributed by atoms with Crippen molar-refractivity contribution in [3.63, 3.8) is 0 Å². The van der Waals surface area contributed by atoms with Gasteiger partial charge >= 0.3 is 0 Å². The third kappa shape index (κ3) is 2.37. The first-order valence-corrected chi connectivity index (χ1v) is 6.63. The van der Waals surface area contributed by atoms with Crippen molar-refractivity contribution in [3.05, 3.63) is 17.8 Å². The van der Waals surface area contributed by atoms with Crippen LogP contribution < -0.4 is 5.73 Å². The van der Waals surface area contributed by atoms with Gasteiger partial charge in [-0.15, -0.1) is 0 Å². The quantitative estimate of drug-likeness (QED) is 0.856. The van der Waals surface area contributed by atoms with Gasteiger partial charge in [-0.05, 0) is 30.9 Å². The number of aromatic nitrogens is 1. The van der Waals surface area contributed by atoms with Crippen LogP contribution in [0.15, 0.2) is 10.7 Å². The molecule has 0 atom stereocenters. The predicted octanol–water partition coefficient (Wildman–Crippen LogP) is 1.96. The van der Waals surface area contributed by atoms with E-state index in [-0.39, 0.29) is 5.41 Å². The Labute approximate surface area is 94.8 Å². The maximum atomic E-state index is 5.58. The highest BCUT2D eigenvalue weighted by Crippen LogP contribution is 2.37. The summed E-state index contributed by atoms with van der Waals surface area (Å²) in [5, 5.41) is 0. The molecule has 1 aromatic rings. The molecule has 1 fully saturated rings. The molecule has 1 saturated heterocycles. The highest BCUT2D eigenvalue weighted by atomic mass is 32.2. The molecule has 0 unspecified atom stereocenters. The van der Waals surface area contributed by atoms with Crippen LogP contribution in [0.5, 0.6) is 0 Å². The average molecular weight is 226 g/mol. The van der Waals surface area contributed by atoms with Crippen molar-refractivity contribution in [2.24, 2.45) is 5.73 Å². The Morgan fingerprint density at radius 2 is 2.27 bits per heavy atom. The fraction of sp³-hybridized carbons (Fsp3) is 0.727. The van der Waals surface area contributed by atoms with Gasteiger partial charge in [-0.2, -0.15) is 11.8 Å². The third-order valence-corrected chi connectivity index (χ3v) is 4.05. The van der Waals surface area contributed by atoms with Crippen LogP contribution in [-0.4, -0.2) is 23.0 Å². The summed E-state index contributed by atoms with van der Waals surface area (Å²) >= 11 is 2.02. The van der Waals surface area contributed by atoms with Gasteiger partial charge in [0.05, 0.1) is 5.69 Å². The lowest BCUT2D eigenvalue weighted by molar-refractivity contribution is 0.324. The van der Waals surface area contributed by atoms with Crippen LogP contribution in [0.1, 0.15) is 31.4 Å². The van der Waals surface area contributed by atoms with Crippen molar-refractivity contribution in [1.82, 2.24) is 4.98 Å². The Morgan fingerprint density at radius 1 is 1.53 bits per heavy atom. The Morgan fingerprint density at radius 3 is 2.93 bits per heavy atom. The number of rotatable bonds is 3. The van der Waals surface area contributed by atoms with Gasteiger partial charge in [0.2, 0.25) is 0 Å². The SMILES string of the molecule is CC1(c2nc(CCN)co2)CCSCC1. The molecule has 84 valence electrons. The van der Waals surface area contributed by atoms with Crippen molar-refractivity contribution < 1.29 is 4.42 Å². The van der Waals surface area contributed by atoms with E-state index in [9.17, 15) is 0 Å². The van der Waals surface area contributed by atoms with E-state index in [4.69, 9.17) is 10.2 Å². The Hall–Kier alpha value is -0.480. The van der Waals surface area contributed by atoms with Crippen molar-refractivity contribution >= 4 is 11.8 Å². The number of nitrogens with two attached hydrogens (primary N) is 1. The van der Waals surface area contributed by atoms with Gasteiger partial charge in [-0.3, -0.25) is 0 Å². The summed E-state index contributed by atoms with van der Waals surface area (Å²) < 4.78 is 5.58. The molecule has 0 spiro atoms. The lowest BCUT2D eigenvalue weighted by atomic mass is 9.84. The first-order chi connectivity index (χ1) is 7.24. The summed E-state index contributed by atoms with van der Waals surface area (Å²) in [4.78, 5) is 4.54. The standard InChI is InChI=1S/C11H18N2OS/c1-11(3-6-15-7-4-11)10-13-9(2-5-12)8-14-10/h8H,2-7,12H2,1H3. The van der Waals surface area contributed by atoms with Crippen LogP contribution in [0.2, 0.25) is 0 Å². The highest BCUT2D eigenvalue weighted by Gasteiger charge is 2.33. The maximum Gasteiger partial charge on any atom is 0.200 e. The van der Waals surface area contributed by atoms with E-state index >= 15 is 0 Å². The minimum atomic E-state index is 0.151. The van der Waals surface area contributed by atoms with Crippen LogP contribution in [0.4, 0.5) is 0 Å².